The molecular formula is C13H13N3O2. The van der Waals surface area contributed by atoms with E-state index in [0.29, 0.717) is 0 Å². The van der Waals surface area contributed by atoms with Crippen LogP contribution in [0.15, 0.2) is 42.9 Å². The van der Waals surface area contributed by atoms with Crippen LogP contribution in [0.2, 0.25) is 0 Å². The molecule has 0 aliphatic rings. The van der Waals surface area contributed by atoms with Crippen LogP contribution in [0.3, 0.4) is 0 Å². The van der Waals surface area contributed by atoms with Gasteiger partial charge in [0.05, 0.1) is 23.5 Å². The summed E-state index contributed by atoms with van der Waals surface area (Å²) in [6.45, 7) is 1.97. The summed E-state index contributed by atoms with van der Waals surface area (Å²) in [5.41, 5.74) is 1.95. The third-order valence-corrected chi connectivity index (χ3v) is 2.54. The van der Waals surface area contributed by atoms with Crippen LogP contribution in [0.5, 0.6) is 0 Å². The minimum Gasteiger partial charge on any atom is -0.478 e. The number of carbonyl (C=O) groups is 1. The number of hydrogen-bond donors (Lipinski definition) is 2. The fourth-order valence-electron chi connectivity index (χ4n) is 1.57. The molecule has 2 N–H and O–H groups in total. The molecule has 5 nitrogen and oxygen atoms in total. The van der Waals surface area contributed by atoms with E-state index in [0.717, 1.165) is 11.4 Å². The van der Waals surface area contributed by atoms with Gasteiger partial charge in [0.15, 0.2) is 0 Å². The average molecular weight is 243 g/mol. The second-order valence-electron chi connectivity index (χ2n) is 3.88. The van der Waals surface area contributed by atoms with E-state index >= 15 is 0 Å². The van der Waals surface area contributed by atoms with Gasteiger partial charge in [-0.2, -0.15) is 0 Å². The Morgan fingerprint density at radius 1 is 1.28 bits per heavy atom. The third kappa shape index (κ3) is 2.82. The summed E-state index contributed by atoms with van der Waals surface area (Å²) in [6, 6.07) is 6.60. The zero-order valence-electron chi connectivity index (χ0n) is 9.87. The highest BCUT2D eigenvalue weighted by atomic mass is 16.4. The largest absolute Gasteiger partial charge is 0.478 e. The van der Waals surface area contributed by atoms with Crippen LogP contribution in [0.4, 0.5) is 5.69 Å². The van der Waals surface area contributed by atoms with Gasteiger partial charge in [-0.1, -0.05) is 0 Å². The molecule has 0 bridgehead atoms. The van der Waals surface area contributed by atoms with Gasteiger partial charge >= 0.3 is 5.97 Å². The molecule has 0 aliphatic carbocycles. The van der Waals surface area contributed by atoms with Crippen molar-refractivity contribution in [3.63, 3.8) is 0 Å². The van der Waals surface area contributed by atoms with Crippen LogP contribution in [-0.4, -0.2) is 21.0 Å². The summed E-state index contributed by atoms with van der Waals surface area (Å²) in [4.78, 5) is 18.9. The van der Waals surface area contributed by atoms with Crippen molar-refractivity contribution < 1.29 is 9.90 Å². The fraction of sp³-hybridized carbons (Fsp3) is 0.154. The third-order valence-electron chi connectivity index (χ3n) is 2.54. The average Bonchev–Trinajstić information content (AvgIpc) is 2.40. The first-order valence-electron chi connectivity index (χ1n) is 5.52. The Morgan fingerprint density at radius 3 is 2.56 bits per heavy atom. The van der Waals surface area contributed by atoms with Crippen molar-refractivity contribution in [2.45, 2.75) is 13.0 Å². The zero-order chi connectivity index (χ0) is 13.0. The number of aromatic nitrogens is 2. The van der Waals surface area contributed by atoms with Crippen LogP contribution in [0.1, 0.15) is 29.0 Å². The summed E-state index contributed by atoms with van der Waals surface area (Å²) in [6.07, 6.45) is 4.96. The van der Waals surface area contributed by atoms with Gasteiger partial charge in [0.2, 0.25) is 0 Å². The van der Waals surface area contributed by atoms with Gasteiger partial charge in [-0.05, 0) is 31.2 Å². The Morgan fingerprint density at radius 2 is 2.00 bits per heavy atom. The Kier molecular flexibility index (Phi) is 3.52. The first-order valence-corrected chi connectivity index (χ1v) is 5.52. The molecule has 0 amide bonds. The van der Waals surface area contributed by atoms with Gasteiger partial charge in [0, 0.05) is 18.1 Å². The molecule has 0 radical (unpaired) electrons. The number of benzene rings is 1. The quantitative estimate of drug-likeness (QED) is 0.862. The molecule has 2 aromatic rings. The summed E-state index contributed by atoms with van der Waals surface area (Å²) in [5.74, 6) is -0.927. The molecule has 0 aliphatic heterocycles. The maximum absolute atomic E-state index is 10.7. The van der Waals surface area contributed by atoms with E-state index < -0.39 is 5.97 Å². The number of nitrogens with zero attached hydrogens (tertiary/aromatic N) is 2. The van der Waals surface area contributed by atoms with Crippen molar-refractivity contribution in [3.05, 3.63) is 54.1 Å². The predicted octanol–water partition coefficient (Wildman–Crippen LogP) is 2.35. The normalized spacial score (nSPS) is 11.8. The number of carboxylic acid groups (broad SMARTS) is 1. The van der Waals surface area contributed by atoms with Crippen molar-refractivity contribution in [2.75, 3.05) is 5.32 Å². The molecule has 0 spiro atoms. The molecule has 2 rings (SSSR count). The predicted molar refractivity (Wildman–Crippen MR) is 67.5 cm³/mol. The molecule has 92 valence electrons. The standard InChI is InChI=1S/C13H13N3O2/c1-9(12-8-14-6-7-15-12)16-11-4-2-10(3-5-11)13(17)18/h2-9,16H,1H3,(H,17,18). The summed E-state index contributed by atoms with van der Waals surface area (Å²) < 4.78 is 0. The summed E-state index contributed by atoms with van der Waals surface area (Å²) >= 11 is 0. The van der Waals surface area contributed by atoms with Crippen LogP contribution in [-0.2, 0) is 0 Å². The van der Waals surface area contributed by atoms with E-state index in [1.54, 1.807) is 42.9 Å². The molecule has 0 saturated carbocycles. The van der Waals surface area contributed by atoms with E-state index in [9.17, 15) is 4.79 Å². The van der Waals surface area contributed by atoms with Crippen LogP contribution >= 0.6 is 0 Å². The minimum absolute atomic E-state index is 0.00868. The maximum atomic E-state index is 10.7. The highest BCUT2D eigenvalue weighted by molar-refractivity contribution is 5.87. The first kappa shape index (κ1) is 12.0. The van der Waals surface area contributed by atoms with Gasteiger partial charge in [-0.3, -0.25) is 9.97 Å². The number of anilines is 1. The topological polar surface area (TPSA) is 75.1 Å². The van der Waals surface area contributed by atoms with Gasteiger partial charge in [0.1, 0.15) is 0 Å². The lowest BCUT2D eigenvalue weighted by molar-refractivity contribution is 0.0697. The lowest BCUT2D eigenvalue weighted by Gasteiger charge is -2.14. The van der Waals surface area contributed by atoms with E-state index in [2.05, 4.69) is 15.3 Å². The lowest BCUT2D eigenvalue weighted by Crippen LogP contribution is -2.08. The van der Waals surface area contributed by atoms with Gasteiger partial charge < -0.3 is 10.4 Å². The lowest BCUT2D eigenvalue weighted by atomic mass is 10.2. The molecule has 1 atom stereocenters. The van der Waals surface area contributed by atoms with Gasteiger partial charge in [0.25, 0.3) is 0 Å². The minimum atomic E-state index is -0.927. The smallest absolute Gasteiger partial charge is 0.335 e. The van der Waals surface area contributed by atoms with E-state index in [1.165, 1.54) is 0 Å². The molecule has 1 unspecified atom stereocenters. The second-order valence-corrected chi connectivity index (χ2v) is 3.88. The van der Waals surface area contributed by atoms with Crippen LogP contribution < -0.4 is 5.32 Å². The molecule has 0 saturated heterocycles. The monoisotopic (exact) mass is 243 g/mol. The Labute approximate surface area is 105 Å². The molecule has 18 heavy (non-hydrogen) atoms. The van der Waals surface area contributed by atoms with Crippen LogP contribution in [0, 0.1) is 0 Å². The molecule has 1 aromatic heterocycles. The summed E-state index contributed by atoms with van der Waals surface area (Å²) in [7, 11) is 0. The second kappa shape index (κ2) is 5.27. The Bertz CT molecular complexity index is 526. The SMILES string of the molecule is CC(Nc1ccc(C(=O)O)cc1)c1cnccn1. The number of aromatic carboxylic acids is 1. The first-order chi connectivity index (χ1) is 8.66. The van der Waals surface area contributed by atoms with Gasteiger partial charge in [-0.25, -0.2) is 4.79 Å². The van der Waals surface area contributed by atoms with E-state index in [1.807, 2.05) is 6.92 Å². The highest BCUT2D eigenvalue weighted by Gasteiger charge is 2.07. The van der Waals surface area contributed by atoms with Crippen molar-refractivity contribution >= 4 is 11.7 Å². The molecule has 5 heteroatoms. The number of rotatable bonds is 4. The summed E-state index contributed by atoms with van der Waals surface area (Å²) in [5, 5.41) is 12.0. The van der Waals surface area contributed by atoms with Crippen LogP contribution in [0.25, 0.3) is 0 Å². The van der Waals surface area contributed by atoms with E-state index in [-0.39, 0.29) is 11.6 Å². The van der Waals surface area contributed by atoms with Crippen molar-refractivity contribution in [3.8, 4) is 0 Å². The number of carboxylic acids is 1. The van der Waals surface area contributed by atoms with Crippen molar-refractivity contribution in [1.29, 1.82) is 0 Å². The maximum Gasteiger partial charge on any atom is 0.335 e. The zero-order valence-corrected chi connectivity index (χ0v) is 9.87. The van der Waals surface area contributed by atoms with Gasteiger partial charge in [-0.15, -0.1) is 0 Å². The molecular weight excluding hydrogens is 230 g/mol. The van der Waals surface area contributed by atoms with Crippen molar-refractivity contribution in [1.82, 2.24) is 9.97 Å². The molecule has 0 fully saturated rings. The molecule has 1 aromatic carbocycles. The number of hydrogen-bond acceptors (Lipinski definition) is 4. The van der Waals surface area contributed by atoms with Crippen molar-refractivity contribution in [2.24, 2.45) is 0 Å². The Hall–Kier alpha value is -2.43. The Balaban J connectivity index is 2.08. The number of nitrogens with one attached hydrogen (secondary N) is 1. The fourth-order valence-corrected chi connectivity index (χ4v) is 1.57. The highest BCUT2D eigenvalue weighted by Crippen LogP contribution is 2.17. The molecule has 1 heterocycles. The van der Waals surface area contributed by atoms with E-state index in [4.69, 9.17) is 5.11 Å².